The number of rotatable bonds is 6. The summed E-state index contributed by atoms with van der Waals surface area (Å²) < 4.78 is 18.3. The van der Waals surface area contributed by atoms with E-state index in [1.165, 1.54) is 26.4 Å². The summed E-state index contributed by atoms with van der Waals surface area (Å²) in [6.07, 6.45) is 8.48. The summed E-state index contributed by atoms with van der Waals surface area (Å²) in [7, 11) is 1.39. The Labute approximate surface area is 157 Å². The molecule has 0 radical (unpaired) electrons. The van der Waals surface area contributed by atoms with E-state index >= 15 is 0 Å². The predicted molar refractivity (Wildman–Crippen MR) is 98.1 cm³/mol. The summed E-state index contributed by atoms with van der Waals surface area (Å²) in [5.41, 5.74) is 1.15. The molecule has 3 rings (SSSR count). The smallest absolute Gasteiger partial charge is 0.290 e. The fourth-order valence-electron chi connectivity index (χ4n) is 3.03. The number of nitrogens with one attached hydrogen (secondary N) is 1. The lowest BCUT2D eigenvalue weighted by Crippen LogP contribution is -2.37. The van der Waals surface area contributed by atoms with E-state index in [0.29, 0.717) is 12.5 Å². The number of halogens is 1. The molecule has 1 saturated heterocycles. The van der Waals surface area contributed by atoms with Crippen LogP contribution in [-0.2, 0) is 4.79 Å². The second-order valence-electron chi connectivity index (χ2n) is 5.94. The number of aromatic nitrogens is 3. The van der Waals surface area contributed by atoms with Crippen molar-refractivity contribution in [2.24, 2.45) is 0 Å². The molecule has 0 aliphatic carbocycles. The Hall–Kier alpha value is -2.81. The van der Waals surface area contributed by atoms with Crippen LogP contribution in [0.3, 0.4) is 0 Å². The van der Waals surface area contributed by atoms with Gasteiger partial charge >= 0.3 is 0 Å². The van der Waals surface area contributed by atoms with Crippen LogP contribution in [0.4, 0.5) is 10.3 Å². The summed E-state index contributed by atoms with van der Waals surface area (Å²) in [6, 6.07) is 4.21. The van der Waals surface area contributed by atoms with Crippen LogP contribution >= 0.6 is 0 Å². The first-order valence-corrected chi connectivity index (χ1v) is 8.71. The molecule has 2 N–H and O–H groups in total. The number of hydrogen-bond donors (Lipinski definition) is 2. The van der Waals surface area contributed by atoms with Crippen LogP contribution in [0.25, 0.3) is 0 Å². The lowest BCUT2D eigenvalue weighted by Gasteiger charge is -2.34. The average molecular weight is 377 g/mol. The van der Waals surface area contributed by atoms with Gasteiger partial charge in [-0.15, -0.1) is 0 Å². The van der Waals surface area contributed by atoms with Crippen molar-refractivity contribution in [2.75, 3.05) is 32.1 Å². The van der Waals surface area contributed by atoms with Gasteiger partial charge in [0.2, 0.25) is 11.8 Å². The van der Waals surface area contributed by atoms with Gasteiger partial charge < -0.3 is 15.2 Å². The molecule has 0 amide bonds. The monoisotopic (exact) mass is 377 g/mol. The highest BCUT2D eigenvalue weighted by molar-refractivity contribution is 5.32. The molecule has 27 heavy (non-hydrogen) atoms. The fourth-order valence-corrected chi connectivity index (χ4v) is 3.03. The highest BCUT2D eigenvalue weighted by Gasteiger charge is 2.22. The molecule has 1 atom stereocenters. The molecule has 0 spiro atoms. The van der Waals surface area contributed by atoms with E-state index in [1.54, 1.807) is 6.20 Å². The third-order valence-electron chi connectivity index (χ3n) is 4.26. The van der Waals surface area contributed by atoms with Crippen molar-refractivity contribution >= 4 is 12.4 Å². The van der Waals surface area contributed by atoms with Crippen molar-refractivity contribution in [2.45, 2.75) is 25.3 Å². The van der Waals surface area contributed by atoms with Crippen LogP contribution in [0.2, 0.25) is 0 Å². The summed E-state index contributed by atoms with van der Waals surface area (Å²) >= 11 is 0. The number of pyridine rings is 1. The Balaban J connectivity index is 0.000000817. The van der Waals surface area contributed by atoms with Crippen LogP contribution in [0.15, 0.2) is 30.7 Å². The van der Waals surface area contributed by atoms with Crippen molar-refractivity contribution in [3.63, 3.8) is 0 Å². The first-order valence-electron chi connectivity index (χ1n) is 8.71. The molecule has 2 aromatic rings. The second kappa shape index (κ2) is 11.0. The quantitative estimate of drug-likeness (QED) is 0.740. The van der Waals surface area contributed by atoms with Crippen molar-refractivity contribution < 1.29 is 19.0 Å². The van der Waals surface area contributed by atoms with E-state index in [0.717, 1.165) is 24.8 Å². The minimum Gasteiger partial charge on any atom is -0.483 e. The molecule has 3 heterocycles. The Morgan fingerprint density at radius 2 is 2.11 bits per heavy atom. The summed E-state index contributed by atoms with van der Waals surface area (Å²) in [4.78, 5) is 23.1. The van der Waals surface area contributed by atoms with Gasteiger partial charge in [-0.3, -0.25) is 14.7 Å². The van der Waals surface area contributed by atoms with Gasteiger partial charge in [0, 0.05) is 18.9 Å². The molecule has 1 fully saturated rings. The van der Waals surface area contributed by atoms with Gasteiger partial charge in [0.05, 0.1) is 19.3 Å². The number of nitrogens with zero attached hydrogens (tertiary/aromatic N) is 4. The topological polar surface area (TPSA) is 100 Å². The number of carboxylic acid groups (broad SMARTS) is 1. The van der Waals surface area contributed by atoms with Gasteiger partial charge in [-0.05, 0) is 37.6 Å². The van der Waals surface area contributed by atoms with E-state index in [1.807, 2.05) is 12.3 Å². The number of methoxy groups -OCH3 is 1. The first kappa shape index (κ1) is 20.5. The lowest BCUT2D eigenvalue weighted by molar-refractivity contribution is -0.122. The summed E-state index contributed by atoms with van der Waals surface area (Å²) in [5.74, 6) is -0.259. The Kier molecular flexibility index (Phi) is 8.37. The number of piperidine rings is 1. The van der Waals surface area contributed by atoms with Gasteiger partial charge in [0.25, 0.3) is 12.4 Å². The van der Waals surface area contributed by atoms with E-state index in [9.17, 15) is 4.39 Å². The number of ether oxygens (including phenoxy) is 1. The molecular weight excluding hydrogens is 353 g/mol. The molecule has 0 aromatic carbocycles. The normalized spacial score (nSPS) is 15.2. The highest BCUT2D eigenvalue weighted by Crippen LogP contribution is 2.24. The average Bonchev–Trinajstić information content (AvgIpc) is 2.71. The predicted octanol–water partition coefficient (Wildman–Crippen LogP) is 2.36. The largest absolute Gasteiger partial charge is 0.483 e. The first-order chi connectivity index (χ1) is 13.2. The molecule has 0 bridgehead atoms. The SMILES string of the molecule is COc1nc(NCC(c2cccnc2)N2CCCCC2)ncc1F.O=CO. The Bertz CT molecular complexity index is 699. The summed E-state index contributed by atoms with van der Waals surface area (Å²) in [5, 5.41) is 10.1. The summed E-state index contributed by atoms with van der Waals surface area (Å²) in [6.45, 7) is 2.50. The molecule has 1 unspecified atom stereocenters. The second-order valence-corrected chi connectivity index (χ2v) is 5.94. The molecule has 1 aliphatic rings. The maximum Gasteiger partial charge on any atom is 0.290 e. The highest BCUT2D eigenvalue weighted by atomic mass is 19.1. The standard InChI is InChI=1S/C17H22FN5O.CH2O2/c1-24-16-14(18)11-20-17(22-16)21-12-15(13-6-5-7-19-10-13)23-8-3-2-4-9-23;2-1-3/h5-7,10-11,15H,2-4,8-9,12H2,1H3,(H,20,21,22);1H,(H,2,3). The number of carbonyl (C=O) groups is 1. The zero-order valence-electron chi connectivity index (χ0n) is 15.2. The maximum absolute atomic E-state index is 13.4. The zero-order valence-corrected chi connectivity index (χ0v) is 15.2. The molecule has 1 aliphatic heterocycles. The number of likely N-dealkylation sites (tertiary alicyclic amines) is 1. The molecule has 9 heteroatoms. The van der Waals surface area contributed by atoms with Crippen molar-refractivity contribution in [1.29, 1.82) is 0 Å². The molecule has 2 aromatic heterocycles. The van der Waals surface area contributed by atoms with Crippen LogP contribution in [0.1, 0.15) is 30.9 Å². The van der Waals surface area contributed by atoms with E-state index in [4.69, 9.17) is 14.6 Å². The third-order valence-corrected chi connectivity index (χ3v) is 4.26. The van der Waals surface area contributed by atoms with Gasteiger partial charge in [0.1, 0.15) is 0 Å². The Morgan fingerprint density at radius 1 is 1.37 bits per heavy atom. The van der Waals surface area contributed by atoms with Crippen LogP contribution in [-0.4, -0.2) is 58.2 Å². The van der Waals surface area contributed by atoms with E-state index < -0.39 is 5.82 Å². The van der Waals surface area contributed by atoms with Crippen LogP contribution < -0.4 is 10.1 Å². The number of hydrogen-bond acceptors (Lipinski definition) is 7. The molecule has 0 saturated carbocycles. The van der Waals surface area contributed by atoms with E-state index in [2.05, 4.69) is 31.2 Å². The fraction of sp³-hybridized carbons (Fsp3) is 0.444. The van der Waals surface area contributed by atoms with Crippen molar-refractivity contribution in [1.82, 2.24) is 19.9 Å². The Morgan fingerprint density at radius 3 is 2.74 bits per heavy atom. The van der Waals surface area contributed by atoms with Crippen molar-refractivity contribution in [3.05, 3.63) is 42.1 Å². The maximum atomic E-state index is 13.4. The van der Waals surface area contributed by atoms with Gasteiger partial charge in [-0.1, -0.05) is 12.5 Å². The minimum atomic E-state index is -0.567. The van der Waals surface area contributed by atoms with Crippen molar-refractivity contribution in [3.8, 4) is 5.88 Å². The number of anilines is 1. The molecule has 146 valence electrons. The molecule has 8 nitrogen and oxygen atoms in total. The third kappa shape index (κ3) is 6.14. The van der Waals surface area contributed by atoms with E-state index in [-0.39, 0.29) is 18.4 Å². The lowest BCUT2D eigenvalue weighted by atomic mass is 10.0. The molecular formula is C18H24FN5O3. The van der Waals surface area contributed by atoms with Crippen LogP contribution in [0.5, 0.6) is 5.88 Å². The van der Waals surface area contributed by atoms with Gasteiger partial charge in [-0.25, -0.2) is 4.98 Å². The van der Waals surface area contributed by atoms with Gasteiger partial charge in [-0.2, -0.15) is 9.37 Å². The zero-order chi connectivity index (χ0) is 19.5. The van der Waals surface area contributed by atoms with Gasteiger partial charge in [0.15, 0.2) is 0 Å². The van der Waals surface area contributed by atoms with Crippen LogP contribution in [0, 0.1) is 5.82 Å². The minimum absolute atomic E-state index is 0.0524.